The number of aromatic hydroxyl groups is 1. The van der Waals surface area contributed by atoms with Gasteiger partial charge in [-0.3, -0.25) is 9.35 Å². The lowest BCUT2D eigenvalue weighted by molar-refractivity contribution is -0.120. The Labute approximate surface area is 79.5 Å². The zero-order chi connectivity index (χ0) is 10.8. The summed E-state index contributed by atoms with van der Waals surface area (Å²) in [6.07, 6.45) is 0. The molecule has 1 rings (SSSR count). The van der Waals surface area contributed by atoms with Gasteiger partial charge in [0.25, 0.3) is 16.6 Å². The number of hydrogen-bond donors (Lipinski definition) is 2. The Kier molecular flexibility index (Phi) is 2.73. The number of hydrogen-bond acceptors (Lipinski definition) is 5. The maximum absolute atomic E-state index is 10.7. The molecule has 0 atom stereocenters. The van der Waals surface area contributed by atoms with Gasteiger partial charge in [0, 0.05) is 6.07 Å². The number of phenolic OH excluding ortho intramolecular Hbond substituents is 1. The van der Waals surface area contributed by atoms with E-state index >= 15 is 0 Å². The Hall–Kier alpha value is -1.60. The van der Waals surface area contributed by atoms with Crippen LogP contribution in [0.3, 0.4) is 0 Å². The fourth-order valence-electron chi connectivity index (χ4n) is 0.830. The molecule has 0 aromatic heterocycles. The van der Waals surface area contributed by atoms with Gasteiger partial charge in [0.15, 0.2) is 0 Å². The zero-order valence-corrected chi connectivity index (χ0v) is 7.56. The molecule has 0 aliphatic carbocycles. The highest BCUT2D eigenvalue weighted by Crippen LogP contribution is 2.26. The quantitative estimate of drug-likeness (QED) is 0.554. The Morgan fingerprint density at radius 2 is 2.00 bits per heavy atom. The normalized spacial score (nSPS) is 10.9. The van der Waals surface area contributed by atoms with Crippen molar-refractivity contribution in [3.63, 3.8) is 0 Å². The van der Waals surface area contributed by atoms with E-state index in [4.69, 9.17) is 9.66 Å². The number of ether oxygens (including phenoxy) is 1. The Bertz CT molecular complexity index is 449. The summed E-state index contributed by atoms with van der Waals surface area (Å²) < 4.78 is 34.3. The van der Waals surface area contributed by atoms with Gasteiger partial charge in [-0.1, -0.05) is 0 Å². The van der Waals surface area contributed by atoms with Gasteiger partial charge in [0.05, 0.1) is 0 Å². The highest BCUT2D eigenvalue weighted by molar-refractivity contribution is 7.86. The maximum atomic E-state index is 10.7. The fourth-order valence-corrected chi connectivity index (χ4v) is 1.43. The first-order valence-electron chi connectivity index (χ1n) is 3.36. The van der Waals surface area contributed by atoms with Crippen LogP contribution in [0, 0.1) is 0 Å². The van der Waals surface area contributed by atoms with Crippen molar-refractivity contribution in [3.05, 3.63) is 18.2 Å². The second-order valence-electron chi connectivity index (χ2n) is 2.32. The van der Waals surface area contributed by atoms with Crippen molar-refractivity contribution in [3.8, 4) is 11.5 Å². The van der Waals surface area contributed by atoms with E-state index in [2.05, 4.69) is 4.74 Å². The lowest BCUT2D eigenvalue weighted by Crippen LogP contribution is -1.99. The number of carbonyl (C=O) groups excluding carboxylic acids is 1. The molecule has 1 aromatic carbocycles. The maximum Gasteiger partial charge on any atom is 0.298 e. The molecular formula is C7H6O6S. The molecule has 0 radical (unpaired) electrons. The van der Waals surface area contributed by atoms with Crippen molar-refractivity contribution in [2.24, 2.45) is 0 Å². The minimum atomic E-state index is -4.52. The summed E-state index contributed by atoms with van der Waals surface area (Å²) in [5, 5.41) is 9.06. The van der Waals surface area contributed by atoms with E-state index in [-0.39, 0.29) is 12.2 Å². The minimum absolute atomic E-state index is 0.0922. The first-order valence-corrected chi connectivity index (χ1v) is 4.80. The molecule has 0 heterocycles. The molecule has 7 heteroatoms. The minimum Gasteiger partial charge on any atom is -0.506 e. The molecule has 1 aromatic rings. The largest absolute Gasteiger partial charge is 0.506 e. The van der Waals surface area contributed by atoms with Gasteiger partial charge in [0.2, 0.25) is 0 Å². The Morgan fingerprint density at radius 1 is 1.36 bits per heavy atom. The molecule has 76 valence electrons. The van der Waals surface area contributed by atoms with E-state index in [9.17, 15) is 13.2 Å². The van der Waals surface area contributed by atoms with Crippen molar-refractivity contribution in [1.29, 1.82) is 0 Å². The molecule has 0 unspecified atom stereocenters. The third-order valence-corrected chi connectivity index (χ3v) is 2.28. The summed E-state index contributed by atoms with van der Waals surface area (Å²) in [5.74, 6) is -0.712. The summed E-state index contributed by atoms with van der Waals surface area (Å²) in [5.41, 5.74) is 0. The first-order chi connectivity index (χ1) is 6.45. The van der Waals surface area contributed by atoms with Gasteiger partial charge in [-0.15, -0.1) is 0 Å². The molecule has 6 nitrogen and oxygen atoms in total. The predicted molar refractivity (Wildman–Crippen MR) is 44.6 cm³/mol. The average Bonchev–Trinajstić information content (AvgIpc) is 2.07. The van der Waals surface area contributed by atoms with E-state index in [0.29, 0.717) is 0 Å². The average molecular weight is 218 g/mol. The Morgan fingerprint density at radius 3 is 2.50 bits per heavy atom. The van der Waals surface area contributed by atoms with E-state index in [1.54, 1.807) is 0 Å². The van der Waals surface area contributed by atoms with Gasteiger partial charge < -0.3 is 9.84 Å². The van der Waals surface area contributed by atoms with Crippen LogP contribution in [0.15, 0.2) is 23.1 Å². The van der Waals surface area contributed by atoms with E-state index in [1.807, 2.05) is 0 Å². The lowest BCUT2D eigenvalue weighted by atomic mass is 10.3. The highest BCUT2D eigenvalue weighted by Gasteiger charge is 2.16. The van der Waals surface area contributed by atoms with Crippen LogP contribution in [0.5, 0.6) is 11.5 Å². The topological polar surface area (TPSA) is 101 Å². The molecule has 0 aliphatic rings. The SMILES string of the molecule is O=COc1ccc(O)c(S(=O)(=O)O)c1. The van der Waals surface area contributed by atoms with Crippen LogP contribution in [0.2, 0.25) is 0 Å². The monoisotopic (exact) mass is 218 g/mol. The van der Waals surface area contributed by atoms with Crippen LogP contribution in [-0.4, -0.2) is 24.5 Å². The van der Waals surface area contributed by atoms with E-state index in [0.717, 1.165) is 12.1 Å². The summed E-state index contributed by atoms with van der Waals surface area (Å²) in [6, 6.07) is 3.00. The highest BCUT2D eigenvalue weighted by atomic mass is 32.2. The molecule has 0 amide bonds. The first kappa shape index (κ1) is 10.5. The number of benzene rings is 1. The van der Waals surface area contributed by atoms with Crippen LogP contribution < -0.4 is 4.74 Å². The predicted octanol–water partition coefficient (Wildman–Crippen LogP) is 0.174. The third kappa shape index (κ3) is 2.21. The van der Waals surface area contributed by atoms with Crippen LogP contribution in [0.4, 0.5) is 0 Å². The Balaban J connectivity index is 3.29. The number of carbonyl (C=O) groups is 1. The molecule has 2 N–H and O–H groups in total. The lowest BCUT2D eigenvalue weighted by Gasteiger charge is -2.02. The molecule has 0 fully saturated rings. The fraction of sp³-hybridized carbons (Fsp3) is 0. The number of phenols is 1. The van der Waals surface area contributed by atoms with E-state index < -0.39 is 20.8 Å². The molecule has 0 saturated heterocycles. The molecule has 0 aliphatic heterocycles. The molecule has 14 heavy (non-hydrogen) atoms. The number of rotatable bonds is 3. The van der Waals surface area contributed by atoms with Crippen LogP contribution in [0.25, 0.3) is 0 Å². The van der Waals surface area contributed by atoms with E-state index in [1.165, 1.54) is 6.07 Å². The van der Waals surface area contributed by atoms with Gasteiger partial charge in [0.1, 0.15) is 16.4 Å². The molecule has 0 saturated carbocycles. The second kappa shape index (κ2) is 3.64. The van der Waals surface area contributed by atoms with Crippen molar-refractivity contribution in [2.45, 2.75) is 4.90 Å². The molecule has 0 spiro atoms. The summed E-state index contributed by atoms with van der Waals surface area (Å²) >= 11 is 0. The molecular weight excluding hydrogens is 212 g/mol. The van der Waals surface area contributed by atoms with Gasteiger partial charge >= 0.3 is 0 Å². The summed E-state index contributed by atoms with van der Waals surface area (Å²) in [4.78, 5) is 9.21. The third-order valence-electron chi connectivity index (χ3n) is 1.39. The van der Waals surface area contributed by atoms with Crippen LogP contribution in [-0.2, 0) is 14.9 Å². The smallest absolute Gasteiger partial charge is 0.298 e. The van der Waals surface area contributed by atoms with Crippen molar-refractivity contribution in [2.75, 3.05) is 0 Å². The van der Waals surface area contributed by atoms with Crippen LogP contribution in [0.1, 0.15) is 0 Å². The van der Waals surface area contributed by atoms with Crippen molar-refractivity contribution >= 4 is 16.6 Å². The summed E-state index contributed by atoms with van der Waals surface area (Å²) in [7, 11) is -4.52. The van der Waals surface area contributed by atoms with Gasteiger partial charge in [-0.05, 0) is 12.1 Å². The second-order valence-corrected chi connectivity index (χ2v) is 3.71. The van der Waals surface area contributed by atoms with Crippen molar-refractivity contribution in [1.82, 2.24) is 0 Å². The standard InChI is InChI=1S/C7H6O6S/c8-4-13-5-1-2-6(9)7(3-5)14(10,11)12/h1-4,9H,(H,10,11,12). The molecule has 0 bridgehead atoms. The van der Waals surface area contributed by atoms with Crippen molar-refractivity contribution < 1.29 is 27.6 Å². The summed E-state index contributed by atoms with van der Waals surface area (Å²) in [6.45, 7) is 0.0974. The zero-order valence-electron chi connectivity index (χ0n) is 6.75. The van der Waals surface area contributed by atoms with Gasteiger partial charge in [-0.2, -0.15) is 8.42 Å². The van der Waals surface area contributed by atoms with Crippen LogP contribution >= 0.6 is 0 Å². The van der Waals surface area contributed by atoms with Gasteiger partial charge in [-0.25, -0.2) is 0 Å².